The monoisotopic (exact) mass is 302 g/mol. The Morgan fingerprint density at radius 2 is 1.82 bits per heavy atom. The molecule has 0 aliphatic rings. The number of carbonyl (C=O) groups excluding carboxylic acids is 2. The molecule has 0 saturated heterocycles. The minimum atomic E-state index is -0.475. The van der Waals surface area contributed by atoms with Gasteiger partial charge in [0.2, 0.25) is 0 Å². The van der Waals surface area contributed by atoms with E-state index in [-0.39, 0.29) is 13.2 Å². The lowest BCUT2D eigenvalue weighted by Gasteiger charge is -2.12. The normalized spacial score (nSPS) is 10.1. The summed E-state index contributed by atoms with van der Waals surface area (Å²) >= 11 is 0. The van der Waals surface area contributed by atoms with E-state index in [2.05, 4.69) is 10.6 Å². The summed E-state index contributed by atoms with van der Waals surface area (Å²) < 4.78 is 10.0. The molecule has 0 saturated carbocycles. The molecule has 2 rings (SSSR count). The Bertz CT molecular complexity index is 685. The van der Waals surface area contributed by atoms with Crippen LogP contribution in [0, 0.1) is 0 Å². The second-order valence-corrected chi connectivity index (χ2v) is 4.47. The molecule has 2 aromatic rings. The molecular formula is C16H18N2O4. The highest BCUT2D eigenvalue weighted by atomic mass is 16.5. The summed E-state index contributed by atoms with van der Waals surface area (Å²) in [5, 5.41) is 6.92. The van der Waals surface area contributed by atoms with E-state index in [1.54, 1.807) is 26.2 Å². The van der Waals surface area contributed by atoms with Crippen molar-refractivity contribution in [2.24, 2.45) is 0 Å². The first-order chi connectivity index (χ1) is 10.7. The predicted molar refractivity (Wildman–Crippen MR) is 84.2 cm³/mol. The number of hydrogen-bond donors (Lipinski definition) is 2. The van der Waals surface area contributed by atoms with Gasteiger partial charge in [-0.1, -0.05) is 24.3 Å². The maximum Gasteiger partial charge on any atom is 0.325 e. The number of carbonyl (C=O) groups is 2. The van der Waals surface area contributed by atoms with Crippen LogP contribution in [0.5, 0.6) is 5.75 Å². The van der Waals surface area contributed by atoms with E-state index >= 15 is 0 Å². The molecule has 0 bridgehead atoms. The average molecular weight is 302 g/mol. The van der Waals surface area contributed by atoms with Gasteiger partial charge in [-0.05, 0) is 19.1 Å². The molecule has 22 heavy (non-hydrogen) atoms. The zero-order valence-electron chi connectivity index (χ0n) is 12.5. The standard InChI is InChI=1S/C16H18N2O4/c1-3-22-15(19)10-17-16(20)18-13-8-9-14(21-2)12-7-5-4-6-11(12)13/h4-9H,3,10H2,1-2H3,(H2,17,18,20). The van der Waals surface area contributed by atoms with Gasteiger partial charge in [-0.15, -0.1) is 0 Å². The third-order valence-corrected chi connectivity index (χ3v) is 3.05. The summed E-state index contributed by atoms with van der Waals surface area (Å²) in [7, 11) is 1.60. The fraction of sp³-hybridized carbons (Fsp3) is 0.250. The van der Waals surface area contributed by atoms with Crippen molar-refractivity contribution >= 4 is 28.5 Å². The van der Waals surface area contributed by atoms with E-state index < -0.39 is 12.0 Å². The zero-order chi connectivity index (χ0) is 15.9. The van der Waals surface area contributed by atoms with Crippen molar-refractivity contribution < 1.29 is 19.1 Å². The van der Waals surface area contributed by atoms with Crippen LogP contribution in [0.2, 0.25) is 0 Å². The fourth-order valence-corrected chi connectivity index (χ4v) is 2.09. The lowest BCUT2D eigenvalue weighted by atomic mass is 10.1. The molecule has 0 aromatic heterocycles. The van der Waals surface area contributed by atoms with Crippen molar-refractivity contribution in [3.63, 3.8) is 0 Å². The minimum Gasteiger partial charge on any atom is -0.496 e. The summed E-state index contributed by atoms with van der Waals surface area (Å²) in [6.45, 7) is 1.82. The maximum atomic E-state index is 11.9. The van der Waals surface area contributed by atoms with E-state index in [4.69, 9.17) is 9.47 Å². The largest absolute Gasteiger partial charge is 0.496 e. The SMILES string of the molecule is CCOC(=O)CNC(=O)Nc1ccc(OC)c2ccccc12. The topological polar surface area (TPSA) is 76.7 Å². The van der Waals surface area contributed by atoms with Crippen LogP contribution in [0.15, 0.2) is 36.4 Å². The van der Waals surface area contributed by atoms with Crippen LogP contribution in [-0.2, 0) is 9.53 Å². The Kier molecular flexibility index (Phi) is 5.19. The molecule has 0 heterocycles. The first-order valence-electron chi connectivity index (χ1n) is 6.92. The van der Waals surface area contributed by atoms with E-state index in [1.165, 1.54) is 0 Å². The number of anilines is 1. The van der Waals surface area contributed by atoms with Crippen LogP contribution in [0.25, 0.3) is 10.8 Å². The number of nitrogens with one attached hydrogen (secondary N) is 2. The molecule has 0 radical (unpaired) electrons. The van der Waals surface area contributed by atoms with E-state index in [0.717, 1.165) is 16.5 Å². The van der Waals surface area contributed by atoms with Crippen LogP contribution in [0.3, 0.4) is 0 Å². The van der Waals surface area contributed by atoms with Crippen molar-refractivity contribution in [2.45, 2.75) is 6.92 Å². The van der Waals surface area contributed by atoms with Gasteiger partial charge in [0.05, 0.1) is 19.4 Å². The molecule has 2 N–H and O–H groups in total. The summed E-state index contributed by atoms with van der Waals surface area (Å²) in [6, 6.07) is 10.6. The van der Waals surface area contributed by atoms with Crippen molar-refractivity contribution in [3.8, 4) is 5.75 Å². The lowest BCUT2D eigenvalue weighted by Crippen LogP contribution is -2.34. The highest BCUT2D eigenvalue weighted by Gasteiger charge is 2.10. The van der Waals surface area contributed by atoms with Crippen LogP contribution in [0.1, 0.15) is 6.92 Å². The summed E-state index contributed by atoms with van der Waals surface area (Å²) in [6.07, 6.45) is 0. The Morgan fingerprint density at radius 1 is 1.09 bits per heavy atom. The number of urea groups is 1. The molecule has 0 aliphatic carbocycles. The van der Waals surface area contributed by atoms with Gasteiger partial charge in [-0.2, -0.15) is 0 Å². The minimum absolute atomic E-state index is 0.173. The van der Waals surface area contributed by atoms with E-state index in [0.29, 0.717) is 5.69 Å². The summed E-state index contributed by atoms with van der Waals surface area (Å²) in [5.41, 5.74) is 0.637. The van der Waals surface area contributed by atoms with Gasteiger partial charge in [0.1, 0.15) is 12.3 Å². The molecule has 0 unspecified atom stereocenters. The molecule has 0 fully saturated rings. The van der Waals surface area contributed by atoms with Gasteiger partial charge in [0, 0.05) is 10.8 Å². The van der Waals surface area contributed by atoms with Crippen LogP contribution >= 0.6 is 0 Å². The Balaban J connectivity index is 2.11. The maximum absolute atomic E-state index is 11.9. The number of hydrogen-bond acceptors (Lipinski definition) is 4. The number of rotatable bonds is 5. The molecule has 0 aliphatic heterocycles. The number of ether oxygens (including phenoxy) is 2. The summed E-state index contributed by atoms with van der Waals surface area (Å²) in [4.78, 5) is 23.1. The fourth-order valence-electron chi connectivity index (χ4n) is 2.09. The van der Waals surface area contributed by atoms with E-state index in [1.807, 2.05) is 24.3 Å². The third-order valence-electron chi connectivity index (χ3n) is 3.05. The molecule has 2 amide bonds. The number of amides is 2. The first-order valence-corrected chi connectivity index (χ1v) is 6.92. The van der Waals surface area contributed by atoms with Gasteiger partial charge < -0.3 is 20.1 Å². The highest BCUT2D eigenvalue weighted by molar-refractivity contribution is 6.04. The van der Waals surface area contributed by atoms with Crippen molar-refractivity contribution in [3.05, 3.63) is 36.4 Å². The molecule has 2 aromatic carbocycles. The number of benzene rings is 2. The quantitative estimate of drug-likeness (QED) is 0.832. The first kappa shape index (κ1) is 15.6. The third kappa shape index (κ3) is 3.66. The zero-order valence-corrected chi connectivity index (χ0v) is 12.5. The molecular weight excluding hydrogens is 284 g/mol. The van der Waals surface area contributed by atoms with Gasteiger partial charge >= 0.3 is 12.0 Å². The molecule has 6 heteroatoms. The number of esters is 1. The smallest absolute Gasteiger partial charge is 0.325 e. The molecule has 0 spiro atoms. The predicted octanol–water partition coefficient (Wildman–Crippen LogP) is 2.53. The lowest BCUT2D eigenvalue weighted by molar-refractivity contribution is -0.141. The molecule has 6 nitrogen and oxygen atoms in total. The summed E-state index contributed by atoms with van der Waals surface area (Å²) in [5.74, 6) is 0.255. The number of fused-ring (bicyclic) bond motifs is 1. The second-order valence-electron chi connectivity index (χ2n) is 4.47. The Hall–Kier alpha value is -2.76. The van der Waals surface area contributed by atoms with Crippen molar-refractivity contribution in [1.29, 1.82) is 0 Å². The van der Waals surface area contributed by atoms with Crippen LogP contribution < -0.4 is 15.4 Å². The number of methoxy groups -OCH3 is 1. The molecule has 0 atom stereocenters. The van der Waals surface area contributed by atoms with Gasteiger partial charge in [-0.3, -0.25) is 4.79 Å². The van der Waals surface area contributed by atoms with Gasteiger partial charge in [-0.25, -0.2) is 4.79 Å². The van der Waals surface area contributed by atoms with E-state index in [9.17, 15) is 9.59 Å². The molecule has 116 valence electrons. The second kappa shape index (κ2) is 7.31. The highest BCUT2D eigenvalue weighted by Crippen LogP contribution is 2.31. The van der Waals surface area contributed by atoms with Crippen molar-refractivity contribution in [2.75, 3.05) is 25.6 Å². The Labute approximate surface area is 128 Å². The van der Waals surface area contributed by atoms with Crippen LogP contribution in [-0.4, -0.2) is 32.3 Å². The average Bonchev–Trinajstić information content (AvgIpc) is 2.53. The van der Waals surface area contributed by atoms with Crippen LogP contribution in [0.4, 0.5) is 10.5 Å². The van der Waals surface area contributed by atoms with Gasteiger partial charge in [0.15, 0.2) is 0 Å². The Morgan fingerprint density at radius 3 is 2.50 bits per heavy atom. The van der Waals surface area contributed by atoms with Crippen molar-refractivity contribution in [1.82, 2.24) is 5.32 Å². The van der Waals surface area contributed by atoms with Gasteiger partial charge in [0.25, 0.3) is 0 Å².